The molecule has 19 heavy (non-hydrogen) atoms. The minimum Gasteiger partial charge on any atom is -0.390 e. The first-order valence-electron chi connectivity index (χ1n) is 5.79. The molecule has 0 spiro atoms. The number of rotatable bonds is 7. The zero-order valence-electron chi connectivity index (χ0n) is 10.2. The Kier molecular flexibility index (Phi) is 5.20. The van der Waals surface area contributed by atoms with Crippen molar-refractivity contribution < 1.29 is 14.1 Å². The zero-order chi connectivity index (χ0) is 13.5. The molecular weight excluding hydrogens is 266 g/mol. The van der Waals surface area contributed by atoms with Crippen LogP contribution in [0.3, 0.4) is 0 Å². The molecule has 0 aliphatic carbocycles. The molecule has 7 heteroatoms. The van der Waals surface area contributed by atoms with E-state index in [2.05, 4.69) is 15.2 Å². The lowest BCUT2D eigenvalue weighted by Crippen LogP contribution is -2.23. The molecule has 0 aliphatic rings. The van der Waals surface area contributed by atoms with Crippen LogP contribution in [0.25, 0.3) is 0 Å². The number of aromatic amines is 1. The van der Waals surface area contributed by atoms with Gasteiger partial charge >= 0.3 is 0 Å². The van der Waals surface area contributed by atoms with Crippen LogP contribution >= 0.6 is 0 Å². The molecule has 0 aliphatic heterocycles. The molecule has 2 atom stereocenters. The molecule has 2 rings (SSSR count). The average molecular weight is 281 g/mol. The minimum absolute atomic E-state index is 0.0734. The van der Waals surface area contributed by atoms with Crippen molar-refractivity contribution in [1.82, 2.24) is 15.2 Å². The third kappa shape index (κ3) is 4.55. The molecule has 0 bridgehead atoms. The second-order valence-electron chi connectivity index (χ2n) is 3.96. The molecule has 1 aromatic carbocycles. The zero-order valence-corrected chi connectivity index (χ0v) is 11.0. The molecule has 2 aromatic rings. The van der Waals surface area contributed by atoms with Gasteiger partial charge in [0.25, 0.3) is 0 Å². The van der Waals surface area contributed by atoms with Gasteiger partial charge in [0.2, 0.25) is 5.16 Å². The Bertz CT molecular complexity index is 504. The van der Waals surface area contributed by atoms with Crippen LogP contribution in [0, 0.1) is 0 Å². The van der Waals surface area contributed by atoms with Crippen LogP contribution in [0.1, 0.15) is 5.56 Å². The van der Waals surface area contributed by atoms with Crippen LogP contribution in [0.5, 0.6) is 0 Å². The van der Waals surface area contributed by atoms with Crippen LogP contribution in [0.15, 0.2) is 41.8 Å². The van der Waals surface area contributed by atoms with Crippen molar-refractivity contribution in [2.75, 3.05) is 12.4 Å². The van der Waals surface area contributed by atoms with Gasteiger partial charge in [0, 0.05) is 0 Å². The van der Waals surface area contributed by atoms with Gasteiger partial charge in [-0.1, -0.05) is 30.3 Å². The predicted molar refractivity (Wildman–Crippen MR) is 69.8 cm³/mol. The summed E-state index contributed by atoms with van der Waals surface area (Å²) in [4.78, 5) is 3.78. The van der Waals surface area contributed by atoms with E-state index in [-0.39, 0.29) is 17.5 Å². The Balaban J connectivity index is 1.70. The Labute approximate surface area is 113 Å². The summed E-state index contributed by atoms with van der Waals surface area (Å²) in [6.45, 7) is 0.557. The second kappa shape index (κ2) is 7.13. The van der Waals surface area contributed by atoms with E-state index >= 15 is 0 Å². The first-order valence-corrected chi connectivity index (χ1v) is 7.11. The molecule has 1 heterocycles. The number of aliphatic hydroxyl groups is 1. The van der Waals surface area contributed by atoms with E-state index in [0.29, 0.717) is 6.61 Å². The van der Waals surface area contributed by atoms with E-state index in [9.17, 15) is 9.32 Å². The molecule has 2 N–H and O–H groups in total. The van der Waals surface area contributed by atoms with Crippen LogP contribution in [-0.4, -0.2) is 43.0 Å². The monoisotopic (exact) mass is 281 g/mol. The summed E-state index contributed by atoms with van der Waals surface area (Å²) in [5.74, 6) is 0.0734. The summed E-state index contributed by atoms with van der Waals surface area (Å²) in [7, 11) is -1.39. The summed E-state index contributed by atoms with van der Waals surface area (Å²) in [6.07, 6.45) is 0.487. The highest BCUT2D eigenvalue weighted by Crippen LogP contribution is 2.03. The van der Waals surface area contributed by atoms with E-state index in [0.717, 1.165) is 5.56 Å². The summed E-state index contributed by atoms with van der Waals surface area (Å²) in [5, 5.41) is 16.1. The van der Waals surface area contributed by atoms with Crippen LogP contribution < -0.4 is 0 Å². The Morgan fingerprint density at radius 3 is 2.84 bits per heavy atom. The number of benzene rings is 1. The van der Waals surface area contributed by atoms with Crippen molar-refractivity contribution in [3.63, 3.8) is 0 Å². The van der Waals surface area contributed by atoms with Gasteiger partial charge in [0.1, 0.15) is 6.33 Å². The third-order valence-corrected chi connectivity index (χ3v) is 3.69. The highest BCUT2D eigenvalue weighted by molar-refractivity contribution is 7.84. The van der Waals surface area contributed by atoms with Gasteiger partial charge in [-0.3, -0.25) is 9.31 Å². The SMILES string of the molecule is O=S(CC(O)COCc1ccccc1)c1ncn[nH]1. The van der Waals surface area contributed by atoms with Crippen molar-refractivity contribution in [3.05, 3.63) is 42.2 Å². The molecule has 0 amide bonds. The Morgan fingerprint density at radius 1 is 1.37 bits per heavy atom. The molecule has 0 saturated heterocycles. The van der Waals surface area contributed by atoms with Crippen LogP contribution in [0.4, 0.5) is 0 Å². The smallest absolute Gasteiger partial charge is 0.214 e. The van der Waals surface area contributed by atoms with Gasteiger partial charge in [0.05, 0.1) is 35.9 Å². The minimum atomic E-state index is -1.39. The average Bonchev–Trinajstić information content (AvgIpc) is 2.94. The first kappa shape index (κ1) is 13.9. The second-order valence-corrected chi connectivity index (χ2v) is 5.37. The quantitative estimate of drug-likeness (QED) is 0.771. The number of nitrogens with one attached hydrogen (secondary N) is 1. The molecule has 2 unspecified atom stereocenters. The van der Waals surface area contributed by atoms with E-state index in [1.54, 1.807) is 0 Å². The number of aliphatic hydroxyl groups excluding tert-OH is 1. The standard InChI is InChI=1S/C12H15N3O3S/c16-11(8-19(17)12-13-9-14-15-12)7-18-6-10-4-2-1-3-5-10/h1-5,9,11,16H,6-8H2,(H,13,14,15). The number of hydrogen-bond acceptors (Lipinski definition) is 5. The summed E-state index contributed by atoms with van der Waals surface area (Å²) >= 11 is 0. The first-order chi connectivity index (χ1) is 9.25. The molecule has 102 valence electrons. The summed E-state index contributed by atoms with van der Waals surface area (Å²) in [6, 6.07) is 9.67. The van der Waals surface area contributed by atoms with Crippen molar-refractivity contribution in [2.45, 2.75) is 17.9 Å². The van der Waals surface area contributed by atoms with Gasteiger partial charge in [-0.05, 0) is 5.56 Å². The molecule has 1 aromatic heterocycles. The highest BCUT2D eigenvalue weighted by atomic mass is 32.2. The number of aromatic nitrogens is 3. The fourth-order valence-electron chi connectivity index (χ4n) is 1.49. The third-order valence-electron chi connectivity index (χ3n) is 2.37. The largest absolute Gasteiger partial charge is 0.390 e. The number of ether oxygens (including phenoxy) is 1. The van der Waals surface area contributed by atoms with Crippen molar-refractivity contribution >= 4 is 10.8 Å². The van der Waals surface area contributed by atoms with Crippen LogP contribution in [0.2, 0.25) is 0 Å². The van der Waals surface area contributed by atoms with Crippen molar-refractivity contribution in [3.8, 4) is 0 Å². The Morgan fingerprint density at radius 2 is 2.16 bits per heavy atom. The van der Waals surface area contributed by atoms with Gasteiger partial charge in [-0.25, -0.2) is 4.98 Å². The molecule has 0 fully saturated rings. The van der Waals surface area contributed by atoms with Crippen molar-refractivity contribution in [2.24, 2.45) is 0 Å². The highest BCUT2D eigenvalue weighted by Gasteiger charge is 2.13. The lowest BCUT2D eigenvalue weighted by atomic mass is 10.2. The van der Waals surface area contributed by atoms with Gasteiger partial charge in [0.15, 0.2) is 0 Å². The fraction of sp³-hybridized carbons (Fsp3) is 0.333. The summed E-state index contributed by atoms with van der Waals surface area (Å²) < 4.78 is 17.1. The van der Waals surface area contributed by atoms with Gasteiger partial charge in [-0.2, -0.15) is 5.10 Å². The number of H-pyrrole nitrogens is 1. The lowest BCUT2D eigenvalue weighted by Gasteiger charge is -2.10. The maximum Gasteiger partial charge on any atom is 0.214 e. The number of hydrogen-bond donors (Lipinski definition) is 2. The molecule has 6 nitrogen and oxygen atoms in total. The van der Waals surface area contributed by atoms with Crippen molar-refractivity contribution in [1.29, 1.82) is 0 Å². The van der Waals surface area contributed by atoms with Gasteiger partial charge < -0.3 is 9.84 Å². The topological polar surface area (TPSA) is 88.1 Å². The number of nitrogens with zero attached hydrogens (tertiary/aromatic N) is 2. The molecule has 0 radical (unpaired) electrons. The lowest BCUT2D eigenvalue weighted by molar-refractivity contribution is 0.0394. The van der Waals surface area contributed by atoms with Crippen LogP contribution in [-0.2, 0) is 22.1 Å². The molecular formula is C12H15N3O3S. The fourth-order valence-corrected chi connectivity index (χ4v) is 2.42. The van der Waals surface area contributed by atoms with E-state index in [1.807, 2.05) is 30.3 Å². The maximum atomic E-state index is 11.7. The normalized spacial score (nSPS) is 14.2. The maximum absolute atomic E-state index is 11.7. The summed E-state index contributed by atoms with van der Waals surface area (Å²) in [5.41, 5.74) is 1.03. The van der Waals surface area contributed by atoms with Gasteiger partial charge in [-0.15, -0.1) is 0 Å². The van der Waals surface area contributed by atoms with E-state index < -0.39 is 16.9 Å². The molecule has 0 saturated carbocycles. The Hall–Kier alpha value is -1.57. The van der Waals surface area contributed by atoms with E-state index in [1.165, 1.54) is 6.33 Å². The predicted octanol–water partition coefficient (Wildman–Crippen LogP) is 0.490. The van der Waals surface area contributed by atoms with E-state index in [4.69, 9.17) is 4.74 Å².